The number of aromatic nitrogens is 1. The fourth-order valence-electron chi connectivity index (χ4n) is 2.20. The summed E-state index contributed by atoms with van der Waals surface area (Å²) in [5.41, 5.74) is 1.96. The summed E-state index contributed by atoms with van der Waals surface area (Å²) in [7, 11) is 1.84. The van der Waals surface area contributed by atoms with Crippen molar-refractivity contribution >= 4 is 5.97 Å². The van der Waals surface area contributed by atoms with Crippen LogP contribution in [0.1, 0.15) is 17.2 Å². The van der Waals surface area contributed by atoms with E-state index in [0.717, 1.165) is 17.5 Å². The number of pyridine rings is 1. The predicted octanol–water partition coefficient (Wildman–Crippen LogP) is 2.38. The van der Waals surface area contributed by atoms with E-state index in [0.29, 0.717) is 6.54 Å². The second-order valence-corrected chi connectivity index (χ2v) is 4.74. The number of rotatable bonds is 6. The average molecular weight is 270 g/mol. The maximum atomic E-state index is 11.5. The highest BCUT2D eigenvalue weighted by atomic mass is 16.4. The van der Waals surface area contributed by atoms with Gasteiger partial charge in [0.15, 0.2) is 0 Å². The lowest BCUT2D eigenvalue weighted by Gasteiger charge is -2.24. The third-order valence-corrected chi connectivity index (χ3v) is 3.29. The average Bonchev–Trinajstić information content (AvgIpc) is 2.47. The Kier molecular flexibility index (Phi) is 4.85. The van der Waals surface area contributed by atoms with Crippen molar-refractivity contribution in [3.8, 4) is 0 Å². The molecule has 0 fully saturated rings. The van der Waals surface area contributed by atoms with Crippen LogP contribution in [0.4, 0.5) is 0 Å². The molecule has 2 rings (SSSR count). The Labute approximate surface area is 118 Å². The Hall–Kier alpha value is -2.20. The topological polar surface area (TPSA) is 53.4 Å². The van der Waals surface area contributed by atoms with Crippen molar-refractivity contribution in [1.82, 2.24) is 9.88 Å². The standard InChI is InChI=1S/C16H18N2O2/c1-18(12-9-13-7-10-17-11-8-13)15(16(19)20)14-5-3-2-4-6-14/h2-8,10-11,15H,9,12H2,1H3,(H,19,20). The first-order valence-corrected chi connectivity index (χ1v) is 6.55. The second kappa shape index (κ2) is 6.82. The van der Waals surface area contributed by atoms with Gasteiger partial charge in [0.1, 0.15) is 6.04 Å². The van der Waals surface area contributed by atoms with Crippen molar-refractivity contribution in [1.29, 1.82) is 0 Å². The third-order valence-electron chi connectivity index (χ3n) is 3.29. The summed E-state index contributed by atoms with van der Waals surface area (Å²) in [5, 5.41) is 9.44. The Bertz CT molecular complexity index is 543. The van der Waals surface area contributed by atoms with E-state index in [1.807, 2.05) is 54.4 Å². The van der Waals surface area contributed by atoms with E-state index >= 15 is 0 Å². The maximum absolute atomic E-state index is 11.5. The van der Waals surface area contributed by atoms with Gasteiger partial charge < -0.3 is 5.11 Å². The lowest BCUT2D eigenvalue weighted by atomic mass is 10.1. The van der Waals surface area contributed by atoms with Gasteiger partial charge >= 0.3 is 5.97 Å². The molecule has 20 heavy (non-hydrogen) atoms. The smallest absolute Gasteiger partial charge is 0.325 e. The Morgan fingerprint density at radius 1 is 1.20 bits per heavy atom. The molecule has 1 unspecified atom stereocenters. The molecular weight excluding hydrogens is 252 g/mol. The highest BCUT2D eigenvalue weighted by Gasteiger charge is 2.23. The summed E-state index contributed by atoms with van der Waals surface area (Å²) in [4.78, 5) is 17.3. The lowest BCUT2D eigenvalue weighted by molar-refractivity contribution is -0.143. The summed E-state index contributed by atoms with van der Waals surface area (Å²) in [5.74, 6) is -0.826. The first-order chi connectivity index (χ1) is 9.68. The van der Waals surface area contributed by atoms with Crippen molar-refractivity contribution in [3.05, 3.63) is 66.0 Å². The van der Waals surface area contributed by atoms with Crippen LogP contribution in [-0.4, -0.2) is 34.6 Å². The summed E-state index contributed by atoms with van der Waals surface area (Å²) in [6.45, 7) is 0.676. The van der Waals surface area contributed by atoms with Crippen molar-refractivity contribution < 1.29 is 9.90 Å². The third kappa shape index (κ3) is 3.65. The first kappa shape index (κ1) is 14.2. The monoisotopic (exact) mass is 270 g/mol. The van der Waals surface area contributed by atoms with Crippen LogP contribution in [0.3, 0.4) is 0 Å². The number of carboxylic acid groups (broad SMARTS) is 1. The number of benzene rings is 1. The molecule has 2 aromatic rings. The molecule has 1 heterocycles. The zero-order chi connectivity index (χ0) is 14.4. The van der Waals surface area contributed by atoms with Crippen LogP contribution in [0.15, 0.2) is 54.9 Å². The number of aliphatic carboxylic acids is 1. The summed E-state index contributed by atoms with van der Waals surface area (Å²) in [6.07, 6.45) is 4.30. The number of likely N-dealkylation sites (N-methyl/N-ethyl adjacent to an activating group) is 1. The number of nitrogens with zero attached hydrogens (tertiary/aromatic N) is 2. The van der Waals surface area contributed by atoms with E-state index in [-0.39, 0.29) is 0 Å². The van der Waals surface area contributed by atoms with E-state index in [1.165, 1.54) is 0 Å². The van der Waals surface area contributed by atoms with Gasteiger partial charge in [0.25, 0.3) is 0 Å². The second-order valence-electron chi connectivity index (χ2n) is 4.74. The highest BCUT2D eigenvalue weighted by molar-refractivity contribution is 5.75. The molecule has 0 radical (unpaired) electrons. The van der Waals surface area contributed by atoms with Crippen molar-refractivity contribution in [3.63, 3.8) is 0 Å². The number of hydrogen-bond acceptors (Lipinski definition) is 3. The number of hydrogen-bond donors (Lipinski definition) is 1. The van der Waals surface area contributed by atoms with Gasteiger partial charge in [-0.25, -0.2) is 0 Å². The lowest BCUT2D eigenvalue weighted by Crippen LogP contribution is -2.32. The highest BCUT2D eigenvalue weighted by Crippen LogP contribution is 2.19. The Morgan fingerprint density at radius 2 is 1.85 bits per heavy atom. The minimum atomic E-state index is -0.826. The molecular formula is C16H18N2O2. The van der Waals surface area contributed by atoms with Gasteiger partial charge in [0, 0.05) is 18.9 Å². The SMILES string of the molecule is CN(CCc1ccncc1)C(C(=O)O)c1ccccc1. The van der Waals surface area contributed by atoms with Crippen LogP contribution < -0.4 is 0 Å². The molecule has 4 nitrogen and oxygen atoms in total. The minimum Gasteiger partial charge on any atom is -0.480 e. The van der Waals surface area contributed by atoms with Crippen LogP contribution in [0.2, 0.25) is 0 Å². The van der Waals surface area contributed by atoms with E-state index in [2.05, 4.69) is 4.98 Å². The molecule has 1 N–H and O–H groups in total. The van der Waals surface area contributed by atoms with Crippen LogP contribution in [0, 0.1) is 0 Å². The van der Waals surface area contributed by atoms with Crippen LogP contribution in [0.25, 0.3) is 0 Å². The van der Waals surface area contributed by atoms with Gasteiger partial charge in [-0.3, -0.25) is 14.7 Å². The fraction of sp³-hybridized carbons (Fsp3) is 0.250. The van der Waals surface area contributed by atoms with E-state index in [4.69, 9.17) is 0 Å². The van der Waals surface area contributed by atoms with Gasteiger partial charge in [-0.05, 0) is 36.7 Å². The molecule has 1 aromatic carbocycles. The van der Waals surface area contributed by atoms with E-state index < -0.39 is 12.0 Å². The molecule has 4 heteroatoms. The molecule has 0 amide bonds. The maximum Gasteiger partial charge on any atom is 0.325 e. The molecule has 0 aliphatic carbocycles. The zero-order valence-corrected chi connectivity index (χ0v) is 11.4. The normalized spacial score (nSPS) is 12.3. The zero-order valence-electron chi connectivity index (χ0n) is 11.4. The van der Waals surface area contributed by atoms with Gasteiger partial charge in [0.2, 0.25) is 0 Å². The molecule has 0 saturated carbocycles. The summed E-state index contributed by atoms with van der Waals surface area (Å²) < 4.78 is 0. The molecule has 0 bridgehead atoms. The van der Waals surface area contributed by atoms with Gasteiger partial charge in [-0.1, -0.05) is 30.3 Å². The van der Waals surface area contributed by atoms with Crippen molar-refractivity contribution in [2.45, 2.75) is 12.5 Å². The summed E-state index contributed by atoms with van der Waals surface area (Å²) in [6, 6.07) is 12.6. The van der Waals surface area contributed by atoms with Gasteiger partial charge in [-0.15, -0.1) is 0 Å². The van der Waals surface area contributed by atoms with Crippen molar-refractivity contribution in [2.24, 2.45) is 0 Å². The molecule has 0 spiro atoms. The predicted molar refractivity (Wildman–Crippen MR) is 77.4 cm³/mol. The summed E-state index contributed by atoms with van der Waals surface area (Å²) >= 11 is 0. The number of carboxylic acids is 1. The van der Waals surface area contributed by atoms with Gasteiger partial charge in [0.05, 0.1) is 0 Å². The van der Waals surface area contributed by atoms with Gasteiger partial charge in [-0.2, -0.15) is 0 Å². The van der Waals surface area contributed by atoms with E-state index in [1.54, 1.807) is 12.4 Å². The number of carbonyl (C=O) groups is 1. The molecule has 1 atom stereocenters. The molecule has 0 aliphatic rings. The molecule has 0 aliphatic heterocycles. The quantitative estimate of drug-likeness (QED) is 0.875. The minimum absolute atomic E-state index is 0.613. The van der Waals surface area contributed by atoms with Crippen LogP contribution in [-0.2, 0) is 11.2 Å². The fourth-order valence-corrected chi connectivity index (χ4v) is 2.20. The van der Waals surface area contributed by atoms with Crippen LogP contribution in [0.5, 0.6) is 0 Å². The first-order valence-electron chi connectivity index (χ1n) is 6.55. The van der Waals surface area contributed by atoms with E-state index in [9.17, 15) is 9.90 Å². The Balaban J connectivity index is 2.05. The molecule has 1 aromatic heterocycles. The molecule has 104 valence electrons. The van der Waals surface area contributed by atoms with Crippen molar-refractivity contribution in [2.75, 3.05) is 13.6 Å². The van der Waals surface area contributed by atoms with Crippen LogP contribution >= 0.6 is 0 Å². The Morgan fingerprint density at radius 3 is 2.45 bits per heavy atom. The largest absolute Gasteiger partial charge is 0.480 e. The molecule has 0 saturated heterocycles.